The Morgan fingerprint density at radius 3 is 2.67 bits per heavy atom. The molecule has 4 aromatic heterocycles. The number of fused-ring (bicyclic) bond motifs is 1. The molecule has 5 rings (SSSR count). The predicted octanol–water partition coefficient (Wildman–Crippen LogP) is 4.83. The second-order valence-corrected chi connectivity index (χ2v) is 9.61. The van der Waals surface area contributed by atoms with Gasteiger partial charge in [-0.25, -0.2) is 19.7 Å². The van der Waals surface area contributed by atoms with Crippen molar-refractivity contribution in [2.24, 2.45) is 7.05 Å². The van der Waals surface area contributed by atoms with Gasteiger partial charge in [0.15, 0.2) is 0 Å². The Morgan fingerprint density at radius 2 is 1.92 bits per heavy atom. The number of nitrogens with zero attached hydrogens (tertiary/aromatic N) is 7. The number of aromatic nitrogens is 5. The average molecular weight is 516 g/mol. The van der Waals surface area contributed by atoms with Crippen molar-refractivity contribution in [2.45, 2.75) is 19.1 Å². The lowest BCUT2D eigenvalue weighted by Gasteiger charge is -2.24. The van der Waals surface area contributed by atoms with E-state index < -0.39 is 23.8 Å². The average Bonchev–Trinajstić information content (AvgIpc) is 3.54. The number of pyridine rings is 2. The minimum atomic E-state index is -4.56. The van der Waals surface area contributed by atoms with E-state index in [9.17, 15) is 18.0 Å². The largest absolute Gasteiger partial charge is 0.416 e. The molecule has 1 fully saturated rings. The van der Waals surface area contributed by atoms with Gasteiger partial charge >= 0.3 is 12.2 Å². The van der Waals surface area contributed by atoms with Crippen LogP contribution in [0.4, 0.5) is 23.8 Å². The maximum atomic E-state index is 13.6. The lowest BCUT2D eigenvalue weighted by Crippen LogP contribution is -2.34. The molecule has 12 heteroatoms. The molecule has 188 valence electrons. The van der Waals surface area contributed by atoms with E-state index in [-0.39, 0.29) is 18.1 Å². The van der Waals surface area contributed by atoms with Crippen LogP contribution >= 0.6 is 11.8 Å². The van der Waals surface area contributed by atoms with E-state index in [1.165, 1.54) is 11.8 Å². The van der Waals surface area contributed by atoms with E-state index in [1.807, 2.05) is 42.3 Å². The number of hydrogen-bond donors (Lipinski definition) is 0. The first kappa shape index (κ1) is 24.2. The van der Waals surface area contributed by atoms with E-state index in [1.54, 1.807) is 33.6 Å². The van der Waals surface area contributed by atoms with Gasteiger partial charge < -0.3 is 9.47 Å². The molecule has 1 atom stereocenters. The third-order valence-electron chi connectivity index (χ3n) is 6.18. The summed E-state index contributed by atoms with van der Waals surface area (Å²) in [4.78, 5) is 30.0. The number of amides is 2. The van der Waals surface area contributed by atoms with Crippen LogP contribution in [0.15, 0.2) is 48.9 Å². The van der Waals surface area contributed by atoms with Gasteiger partial charge in [-0.15, -0.1) is 0 Å². The zero-order valence-corrected chi connectivity index (χ0v) is 20.7. The molecule has 0 aliphatic carbocycles. The summed E-state index contributed by atoms with van der Waals surface area (Å²) < 4.78 is 44.5. The summed E-state index contributed by atoms with van der Waals surface area (Å²) in [5.41, 5.74) is 0.106. The van der Waals surface area contributed by atoms with Crippen molar-refractivity contribution >= 4 is 34.6 Å². The first-order chi connectivity index (χ1) is 17.2. The Kier molecular flexibility index (Phi) is 6.15. The fourth-order valence-corrected chi connectivity index (χ4v) is 4.85. The molecule has 0 spiro atoms. The summed E-state index contributed by atoms with van der Waals surface area (Å²) in [5.74, 6) is 1.74. The first-order valence-electron chi connectivity index (χ1n) is 11.3. The fourth-order valence-electron chi connectivity index (χ4n) is 4.45. The summed E-state index contributed by atoms with van der Waals surface area (Å²) in [6, 6.07) is 6.61. The van der Waals surface area contributed by atoms with Crippen LogP contribution < -0.4 is 4.90 Å². The lowest BCUT2D eigenvalue weighted by molar-refractivity contribution is -0.137. The number of anilines is 1. The van der Waals surface area contributed by atoms with Crippen molar-refractivity contribution in [3.63, 3.8) is 0 Å². The number of carbonyl (C=O) groups is 1. The molecule has 2 amide bonds. The highest BCUT2D eigenvalue weighted by Crippen LogP contribution is 2.37. The van der Waals surface area contributed by atoms with Gasteiger partial charge in [0.1, 0.15) is 29.1 Å². The topological polar surface area (TPSA) is 72.1 Å². The zero-order valence-electron chi connectivity index (χ0n) is 19.9. The second kappa shape index (κ2) is 9.16. The van der Waals surface area contributed by atoms with Crippen molar-refractivity contribution in [1.82, 2.24) is 29.0 Å². The number of aryl methyl sites for hydroxylation is 2. The monoisotopic (exact) mass is 515 g/mol. The number of hydrogen-bond acceptors (Lipinski definition) is 5. The zero-order chi connectivity index (χ0) is 25.6. The minimum Gasteiger partial charge on any atom is -0.336 e. The Morgan fingerprint density at radius 1 is 1.11 bits per heavy atom. The van der Waals surface area contributed by atoms with Crippen LogP contribution in [0.5, 0.6) is 0 Å². The second-order valence-electron chi connectivity index (χ2n) is 8.62. The number of thioether (sulfide) groups is 1. The van der Waals surface area contributed by atoms with E-state index in [0.29, 0.717) is 23.9 Å². The molecule has 1 aliphatic rings. The van der Waals surface area contributed by atoms with E-state index in [0.717, 1.165) is 23.2 Å². The maximum Gasteiger partial charge on any atom is 0.416 e. The molecular weight excluding hydrogens is 491 g/mol. The van der Waals surface area contributed by atoms with Crippen LogP contribution in [0.25, 0.3) is 16.9 Å². The standard InChI is InChI=1S/C24H24F3N7OS/c1-15-12-17(24(25,26)27)13-20(29-15)34-18(14-32(23(34)35)10-11-36-3)22-28-7-9-33(22)19-5-4-16-6-8-31(2)21(16)30-19/h4-9,12-13,18H,10-11,14H2,1-3H3/t18-/m0/s1. The maximum absolute atomic E-state index is 13.6. The van der Waals surface area contributed by atoms with Gasteiger partial charge in [-0.1, -0.05) is 0 Å². The molecule has 0 radical (unpaired) electrons. The Labute approximate surface area is 209 Å². The highest BCUT2D eigenvalue weighted by Gasteiger charge is 2.43. The smallest absolute Gasteiger partial charge is 0.336 e. The Hall–Kier alpha value is -3.54. The number of imidazole rings is 1. The van der Waals surface area contributed by atoms with Gasteiger partial charge in [0.2, 0.25) is 0 Å². The normalized spacial score (nSPS) is 16.5. The van der Waals surface area contributed by atoms with Crippen molar-refractivity contribution in [3.05, 3.63) is 66.0 Å². The minimum absolute atomic E-state index is 0.0515. The summed E-state index contributed by atoms with van der Waals surface area (Å²) >= 11 is 1.59. The molecule has 0 aromatic carbocycles. The molecular formula is C24H24F3N7OS. The predicted molar refractivity (Wildman–Crippen MR) is 132 cm³/mol. The van der Waals surface area contributed by atoms with Crippen molar-refractivity contribution < 1.29 is 18.0 Å². The molecule has 5 heterocycles. The number of halogens is 3. The Balaban J connectivity index is 1.61. The molecule has 0 saturated carbocycles. The lowest BCUT2D eigenvalue weighted by atomic mass is 10.2. The van der Waals surface area contributed by atoms with Crippen molar-refractivity contribution in [1.29, 1.82) is 0 Å². The fraction of sp³-hybridized carbons (Fsp3) is 0.333. The number of carbonyl (C=O) groups excluding carboxylic acids is 1. The summed E-state index contributed by atoms with van der Waals surface area (Å²) in [5, 5.41) is 0.979. The van der Waals surface area contributed by atoms with Crippen molar-refractivity contribution in [2.75, 3.05) is 30.0 Å². The summed E-state index contributed by atoms with van der Waals surface area (Å²) in [6.45, 7) is 2.21. The highest BCUT2D eigenvalue weighted by atomic mass is 32.2. The Bertz CT molecular complexity index is 1430. The van der Waals surface area contributed by atoms with Crippen LogP contribution in [-0.2, 0) is 13.2 Å². The van der Waals surface area contributed by atoms with E-state index >= 15 is 0 Å². The van der Waals surface area contributed by atoms with E-state index in [2.05, 4.69) is 9.97 Å². The van der Waals surface area contributed by atoms with Gasteiger partial charge in [0.25, 0.3) is 0 Å². The number of alkyl halides is 3. The molecule has 0 unspecified atom stereocenters. The van der Waals surface area contributed by atoms with Crippen molar-refractivity contribution in [3.8, 4) is 5.82 Å². The number of urea groups is 1. The van der Waals surface area contributed by atoms with E-state index in [4.69, 9.17) is 4.98 Å². The quantitative estimate of drug-likeness (QED) is 0.368. The van der Waals surface area contributed by atoms with Crippen LogP contribution in [0, 0.1) is 6.92 Å². The first-order valence-corrected chi connectivity index (χ1v) is 12.7. The molecule has 1 saturated heterocycles. The number of rotatable bonds is 6. The third-order valence-corrected chi connectivity index (χ3v) is 6.77. The molecule has 1 aliphatic heterocycles. The van der Waals surface area contributed by atoms with Crippen LogP contribution in [0.1, 0.15) is 23.1 Å². The summed E-state index contributed by atoms with van der Waals surface area (Å²) in [6.07, 6.45) is 2.63. The highest BCUT2D eigenvalue weighted by molar-refractivity contribution is 7.98. The third kappa shape index (κ3) is 4.29. The molecule has 4 aromatic rings. The van der Waals surface area contributed by atoms with Gasteiger partial charge in [-0.3, -0.25) is 9.47 Å². The van der Waals surface area contributed by atoms with Gasteiger partial charge in [-0.2, -0.15) is 24.9 Å². The van der Waals surface area contributed by atoms with Crippen LogP contribution in [0.2, 0.25) is 0 Å². The van der Waals surface area contributed by atoms with Crippen LogP contribution in [-0.4, -0.2) is 60.1 Å². The summed E-state index contributed by atoms with van der Waals surface area (Å²) in [7, 11) is 1.90. The van der Waals surface area contributed by atoms with Gasteiger partial charge in [-0.05, 0) is 43.5 Å². The molecule has 36 heavy (non-hydrogen) atoms. The van der Waals surface area contributed by atoms with Crippen LogP contribution in [0.3, 0.4) is 0 Å². The molecule has 0 bridgehead atoms. The molecule has 8 nitrogen and oxygen atoms in total. The van der Waals surface area contributed by atoms with Gasteiger partial charge in [0.05, 0.1) is 12.1 Å². The molecule has 0 N–H and O–H groups in total. The van der Waals surface area contributed by atoms with Gasteiger partial charge in [0, 0.05) is 49.0 Å². The SMILES string of the molecule is CSCCN1C[C@@H](c2nccn2-c2ccc3ccn(C)c3n2)N(c2cc(C(F)(F)F)cc(C)n2)C1=O.